The first-order valence-corrected chi connectivity index (χ1v) is 9.20. The van der Waals surface area contributed by atoms with Crippen LogP contribution in [0.2, 0.25) is 0 Å². The molecule has 25 heavy (non-hydrogen) atoms. The number of likely N-dealkylation sites (tertiary alicyclic amines) is 1. The zero-order valence-electron chi connectivity index (χ0n) is 14.9. The zero-order chi connectivity index (χ0) is 17.6. The molecule has 0 radical (unpaired) electrons. The van der Waals surface area contributed by atoms with Crippen molar-refractivity contribution in [2.24, 2.45) is 5.92 Å². The van der Waals surface area contributed by atoms with Gasteiger partial charge in [-0.1, -0.05) is 60.2 Å². The highest BCUT2D eigenvalue weighted by molar-refractivity contribution is 5.76. The van der Waals surface area contributed by atoms with Crippen molar-refractivity contribution >= 4 is 5.91 Å². The van der Waals surface area contributed by atoms with E-state index in [1.165, 1.54) is 11.1 Å². The minimum Gasteiger partial charge on any atom is -0.388 e. The highest BCUT2D eigenvalue weighted by Crippen LogP contribution is 2.30. The Bertz CT molecular complexity index is 673. The van der Waals surface area contributed by atoms with Gasteiger partial charge in [-0.2, -0.15) is 0 Å². The van der Waals surface area contributed by atoms with Crippen LogP contribution in [0.4, 0.5) is 0 Å². The number of benzene rings is 2. The van der Waals surface area contributed by atoms with Crippen LogP contribution in [-0.2, 0) is 11.2 Å². The third-order valence-electron chi connectivity index (χ3n) is 5.23. The second-order valence-electron chi connectivity index (χ2n) is 7.06. The first kappa shape index (κ1) is 17.7. The van der Waals surface area contributed by atoms with Gasteiger partial charge in [0.2, 0.25) is 5.91 Å². The average Bonchev–Trinajstić information content (AvgIpc) is 2.67. The molecule has 1 amide bonds. The van der Waals surface area contributed by atoms with Crippen LogP contribution in [0, 0.1) is 12.8 Å². The minimum absolute atomic E-state index is 0.230. The van der Waals surface area contributed by atoms with E-state index < -0.39 is 6.10 Å². The topological polar surface area (TPSA) is 40.5 Å². The lowest BCUT2D eigenvalue weighted by Gasteiger charge is -2.34. The molecule has 0 aromatic heterocycles. The highest BCUT2D eigenvalue weighted by Gasteiger charge is 2.27. The van der Waals surface area contributed by atoms with E-state index in [0.717, 1.165) is 37.9 Å². The maximum Gasteiger partial charge on any atom is 0.222 e. The molecule has 1 aliphatic rings. The number of hydrogen-bond acceptors (Lipinski definition) is 2. The summed E-state index contributed by atoms with van der Waals surface area (Å²) in [5, 5.41) is 10.5. The van der Waals surface area contributed by atoms with Crippen molar-refractivity contribution in [1.82, 2.24) is 4.90 Å². The number of aliphatic hydroxyl groups is 1. The monoisotopic (exact) mass is 337 g/mol. The lowest BCUT2D eigenvalue weighted by molar-refractivity contribution is -0.133. The molecule has 0 aliphatic carbocycles. The summed E-state index contributed by atoms with van der Waals surface area (Å²) in [4.78, 5) is 14.4. The largest absolute Gasteiger partial charge is 0.388 e. The SMILES string of the molecule is Cc1ccc(CCC(=O)N2CCC([C@@H](O)c3ccccc3)CC2)cc1. The second kappa shape index (κ2) is 8.30. The summed E-state index contributed by atoms with van der Waals surface area (Å²) >= 11 is 0. The molecule has 0 saturated carbocycles. The maximum atomic E-state index is 12.4. The Kier molecular flexibility index (Phi) is 5.87. The molecule has 0 bridgehead atoms. The van der Waals surface area contributed by atoms with Gasteiger partial charge in [0.1, 0.15) is 0 Å². The standard InChI is InChI=1S/C22H27NO2/c1-17-7-9-18(10-8-17)11-12-21(24)23-15-13-20(14-16-23)22(25)19-5-3-2-4-6-19/h2-10,20,22,25H,11-16H2,1H3/t22-/m0/s1. The van der Waals surface area contributed by atoms with Crippen LogP contribution in [0.15, 0.2) is 54.6 Å². The molecule has 1 atom stereocenters. The quantitative estimate of drug-likeness (QED) is 0.899. The van der Waals surface area contributed by atoms with Crippen molar-refractivity contribution in [2.45, 2.75) is 38.7 Å². The molecule has 1 aliphatic heterocycles. The Hall–Kier alpha value is -2.13. The minimum atomic E-state index is -0.425. The number of aliphatic hydroxyl groups excluding tert-OH is 1. The number of hydrogen-bond donors (Lipinski definition) is 1. The first-order valence-electron chi connectivity index (χ1n) is 9.20. The third kappa shape index (κ3) is 4.70. The van der Waals surface area contributed by atoms with E-state index in [2.05, 4.69) is 31.2 Å². The zero-order valence-corrected chi connectivity index (χ0v) is 14.9. The van der Waals surface area contributed by atoms with Gasteiger partial charge in [0, 0.05) is 19.5 Å². The number of aryl methyl sites for hydroxylation is 2. The Balaban J connectivity index is 1.46. The maximum absolute atomic E-state index is 12.4. The normalized spacial score (nSPS) is 16.6. The summed E-state index contributed by atoms with van der Waals surface area (Å²) in [7, 11) is 0. The van der Waals surface area contributed by atoms with Gasteiger partial charge in [0.15, 0.2) is 0 Å². The van der Waals surface area contributed by atoms with Crippen LogP contribution >= 0.6 is 0 Å². The highest BCUT2D eigenvalue weighted by atomic mass is 16.3. The van der Waals surface area contributed by atoms with E-state index in [1.807, 2.05) is 35.2 Å². The number of piperidine rings is 1. The van der Waals surface area contributed by atoms with Crippen LogP contribution in [0.5, 0.6) is 0 Å². The molecule has 1 fully saturated rings. The van der Waals surface area contributed by atoms with Crippen LogP contribution in [-0.4, -0.2) is 29.0 Å². The summed E-state index contributed by atoms with van der Waals surface area (Å²) < 4.78 is 0. The number of rotatable bonds is 5. The van der Waals surface area contributed by atoms with Crippen LogP contribution < -0.4 is 0 Å². The molecule has 2 aromatic rings. The van der Waals surface area contributed by atoms with Crippen LogP contribution in [0.3, 0.4) is 0 Å². The Morgan fingerprint density at radius 3 is 2.36 bits per heavy atom. The molecule has 2 aromatic carbocycles. The third-order valence-corrected chi connectivity index (χ3v) is 5.23. The molecular formula is C22H27NO2. The average molecular weight is 337 g/mol. The predicted molar refractivity (Wildman–Crippen MR) is 100 cm³/mol. The van der Waals surface area contributed by atoms with Gasteiger partial charge in [0.25, 0.3) is 0 Å². The number of nitrogens with zero attached hydrogens (tertiary/aromatic N) is 1. The smallest absolute Gasteiger partial charge is 0.222 e. The van der Waals surface area contributed by atoms with E-state index in [4.69, 9.17) is 0 Å². The van der Waals surface area contributed by atoms with Crippen molar-refractivity contribution < 1.29 is 9.90 Å². The molecule has 0 spiro atoms. The van der Waals surface area contributed by atoms with Gasteiger partial charge >= 0.3 is 0 Å². The Morgan fingerprint density at radius 2 is 1.72 bits per heavy atom. The first-order chi connectivity index (χ1) is 12.1. The molecule has 3 heteroatoms. The van der Waals surface area contributed by atoms with E-state index in [1.54, 1.807) is 0 Å². The van der Waals surface area contributed by atoms with Gasteiger partial charge in [-0.3, -0.25) is 4.79 Å². The van der Waals surface area contributed by atoms with Gasteiger partial charge in [0.05, 0.1) is 6.10 Å². The number of amides is 1. The molecule has 132 valence electrons. The molecule has 3 nitrogen and oxygen atoms in total. The molecular weight excluding hydrogens is 310 g/mol. The fourth-order valence-electron chi connectivity index (χ4n) is 3.55. The number of carbonyl (C=O) groups is 1. The summed E-state index contributed by atoms with van der Waals surface area (Å²) in [6, 6.07) is 18.2. The molecule has 3 rings (SSSR count). The summed E-state index contributed by atoms with van der Waals surface area (Å²) in [6.07, 6.45) is 2.67. The van der Waals surface area contributed by atoms with E-state index in [-0.39, 0.29) is 11.8 Å². The lowest BCUT2D eigenvalue weighted by atomic mass is 9.87. The van der Waals surface area contributed by atoms with Crippen molar-refractivity contribution in [3.63, 3.8) is 0 Å². The van der Waals surface area contributed by atoms with E-state index in [0.29, 0.717) is 6.42 Å². The van der Waals surface area contributed by atoms with Crippen molar-refractivity contribution in [2.75, 3.05) is 13.1 Å². The predicted octanol–water partition coefficient (Wildman–Crippen LogP) is 3.90. The van der Waals surface area contributed by atoms with Crippen LogP contribution in [0.1, 0.15) is 42.1 Å². The van der Waals surface area contributed by atoms with E-state index in [9.17, 15) is 9.90 Å². The van der Waals surface area contributed by atoms with Crippen molar-refractivity contribution in [1.29, 1.82) is 0 Å². The molecule has 0 unspecified atom stereocenters. The van der Waals surface area contributed by atoms with Crippen molar-refractivity contribution in [3.05, 3.63) is 71.3 Å². The fraction of sp³-hybridized carbons (Fsp3) is 0.409. The fourth-order valence-corrected chi connectivity index (χ4v) is 3.55. The Labute approximate surface area is 150 Å². The molecule has 1 N–H and O–H groups in total. The molecule has 1 heterocycles. The number of carbonyl (C=O) groups excluding carboxylic acids is 1. The lowest BCUT2D eigenvalue weighted by Crippen LogP contribution is -2.39. The second-order valence-corrected chi connectivity index (χ2v) is 7.06. The van der Waals surface area contributed by atoms with Gasteiger partial charge in [-0.15, -0.1) is 0 Å². The summed E-state index contributed by atoms with van der Waals surface area (Å²) in [5.41, 5.74) is 3.44. The van der Waals surface area contributed by atoms with Gasteiger partial charge in [-0.25, -0.2) is 0 Å². The summed E-state index contributed by atoms with van der Waals surface area (Å²) in [6.45, 7) is 3.57. The van der Waals surface area contributed by atoms with Crippen molar-refractivity contribution in [3.8, 4) is 0 Å². The molecule has 1 saturated heterocycles. The summed E-state index contributed by atoms with van der Waals surface area (Å²) in [5.74, 6) is 0.469. The Morgan fingerprint density at radius 1 is 1.08 bits per heavy atom. The van der Waals surface area contributed by atoms with Gasteiger partial charge in [-0.05, 0) is 43.2 Å². The van der Waals surface area contributed by atoms with Crippen LogP contribution in [0.25, 0.3) is 0 Å². The van der Waals surface area contributed by atoms with Gasteiger partial charge < -0.3 is 10.0 Å². The van der Waals surface area contributed by atoms with E-state index >= 15 is 0 Å².